The van der Waals surface area contributed by atoms with Gasteiger partial charge in [-0.05, 0) is 5.56 Å². The molecule has 0 aromatic heterocycles. The summed E-state index contributed by atoms with van der Waals surface area (Å²) < 4.78 is 5.29. The summed E-state index contributed by atoms with van der Waals surface area (Å²) in [6, 6.07) is 10.2. The fourth-order valence-electron chi connectivity index (χ4n) is 1.86. The molecule has 1 atom stereocenters. The quantitative estimate of drug-likeness (QED) is 0.801. The van der Waals surface area contributed by atoms with Gasteiger partial charge in [0.05, 0.1) is 6.61 Å². The number of nitrogens with zero attached hydrogens (tertiary/aromatic N) is 1. The molecule has 0 aliphatic carbocycles. The number of primary amides is 1. The van der Waals surface area contributed by atoms with Crippen molar-refractivity contribution in [3.8, 4) is 0 Å². The zero-order chi connectivity index (χ0) is 11.4. The van der Waals surface area contributed by atoms with Crippen LogP contribution in [0, 0.1) is 0 Å². The van der Waals surface area contributed by atoms with Gasteiger partial charge < -0.3 is 10.5 Å². The third-order valence-electron chi connectivity index (χ3n) is 2.72. The summed E-state index contributed by atoms with van der Waals surface area (Å²) in [6.07, 6.45) is -0.461. The number of carbonyl (C=O) groups excluding carboxylic acids is 1. The molecule has 2 N–H and O–H groups in total. The Hall–Kier alpha value is -1.39. The Kier molecular flexibility index (Phi) is 3.54. The van der Waals surface area contributed by atoms with E-state index < -0.39 is 6.10 Å². The Morgan fingerprint density at radius 2 is 2.19 bits per heavy atom. The molecule has 0 radical (unpaired) electrons. The first-order valence-corrected chi connectivity index (χ1v) is 5.43. The van der Waals surface area contributed by atoms with Gasteiger partial charge in [0, 0.05) is 19.6 Å². The van der Waals surface area contributed by atoms with Crippen LogP contribution in [0.1, 0.15) is 5.56 Å². The Balaban J connectivity index is 1.93. The summed E-state index contributed by atoms with van der Waals surface area (Å²) in [4.78, 5) is 13.2. The van der Waals surface area contributed by atoms with Crippen molar-refractivity contribution in [2.75, 3.05) is 19.7 Å². The highest BCUT2D eigenvalue weighted by atomic mass is 16.5. The number of ether oxygens (including phenoxy) is 1. The van der Waals surface area contributed by atoms with E-state index >= 15 is 0 Å². The largest absolute Gasteiger partial charge is 0.367 e. The molecule has 1 amide bonds. The molecule has 4 heteroatoms. The number of rotatable bonds is 3. The van der Waals surface area contributed by atoms with Crippen LogP contribution >= 0.6 is 0 Å². The number of benzene rings is 1. The molecule has 0 bridgehead atoms. The van der Waals surface area contributed by atoms with Gasteiger partial charge in [-0.15, -0.1) is 0 Å². The van der Waals surface area contributed by atoms with Crippen LogP contribution < -0.4 is 5.73 Å². The van der Waals surface area contributed by atoms with Crippen LogP contribution in [-0.4, -0.2) is 36.6 Å². The predicted molar refractivity (Wildman–Crippen MR) is 60.7 cm³/mol. The Morgan fingerprint density at radius 3 is 2.88 bits per heavy atom. The lowest BCUT2D eigenvalue weighted by molar-refractivity contribution is -0.135. The molecule has 1 aromatic carbocycles. The monoisotopic (exact) mass is 220 g/mol. The van der Waals surface area contributed by atoms with Gasteiger partial charge in [-0.1, -0.05) is 30.3 Å². The van der Waals surface area contributed by atoms with Crippen LogP contribution in [0.25, 0.3) is 0 Å². The number of hydrogen-bond donors (Lipinski definition) is 1. The van der Waals surface area contributed by atoms with Crippen LogP contribution in [0.4, 0.5) is 0 Å². The predicted octanol–water partition coefficient (Wildman–Crippen LogP) is 0.373. The molecule has 1 saturated heterocycles. The van der Waals surface area contributed by atoms with Crippen molar-refractivity contribution in [1.29, 1.82) is 0 Å². The van der Waals surface area contributed by atoms with E-state index in [1.54, 1.807) is 0 Å². The second kappa shape index (κ2) is 5.09. The van der Waals surface area contributed by atoms with Crippen molar-refractivity contribution in [2.45, 2.75) is 12.6 Å². The molecular weight excluding hydrogens is 204 g/mol. The van der Waals surface area contributed by atoms with Crippen LogP contribution in [0.15, 0.2) is 30.3 Å². The average Bonchev–Trinajstić information content (AvgIpc) is 2.30. The van der Waals surface area contributed by atoms with E-state index in [1.165, 1.54) is 5.56 Å². The van der Waals surface area contributed by atoms with Gasteiger partial charge in [-0.25, -0.2) is 0 Å². The molecule has 4 nitrogen and oxygen atoms in total. The van der Waals surface area contributed by atoms with Gasteiger partial charge in [-0.3, -0.25) is 9.69 Å². The lowest BCUT2D eigenvalue weighted by atomic mass is 10.2. The number of carbonyl (C=O) groups is 1. The Morgan fingerprint density at radius 1 is 1.44 bits per heavy atom. The third-order valence-corrected chi connectivity index (χ3v) is 2.72. The number of hydrogen-bond acceptors (Lipinski definition) is 3. The van der Waals surface area contributed by atoms with Crippen molar-refractivity contribution >= 4 is 5.91 Å². The van der Waals surface area contributed by atoms with E-state index in [-0.39, 0.29) is 5.91 Å². The molecular formula is C12H16N2O2. The van der Waals surface area contributed by atoms with Gasteiger partial charge in [0.1, 0.15) is 6.10 Å². The van der Waals surface area contributed by atoms with E-state index in [0.29, 0.717) is 13.2 Å². The standard InChI is InChI=1S/C12H16N2O2/c13-12(15)11-9-14(6-7-16-11)8-10-4-2-1-3-5-10/h1-5,11H,6-9H2,(H2,13,15). The van der Waals surface area contributed by atoms with Crippen LogP contribution in [0.3, 0.4) is 0 Å². The van der Waals surface area contributed by atoms with Crippen molar-refractivity contribution in [2.24, 2.45) is 5.73 Å². The maximum Gasteiger partial charge on any atom is 0.247 e. The highest BCUT2D eigenvalue weighted by Gasteiger charge is 2.24. The molecule has 0 saturated carbocycles. The van der Waals surface area contributed by atoms with E-state index in [1.807, 2.05) is 18.2 Å². The van der Waals surface area contributed by atoms with Gasteiger partial charge in [-0.2, -0.15) is 0 Å². The first kappa shape index (κ1) is 11.1. The third kappa shape index (κ3) is 2.81. The molecule has 16 heavy (non-hydrogen) atoms. The summed E-state index contributed by atoms with van der Waals surface area (Å²) in [5, 5.41) is 0. The summed E-state index contributed by atoms with van der Waals surface area (Å²) in [5.74, 6) is -0.377. The normalized spacial score (nSPS) is 21.9. The SMILES string of the molecule is NC(=O)C1CN(Cc2ccccc2)CCO1. The smallest absolute Gasteiger partial charge is 0.247 e. The minimum atomic E-state index is -0.461. The summed E-state index contributed by atoms with van der Waals surface area (Å²) >= 11 is 0. The minimum Gasteiger partial charge on any atom is -0.367 e. The van der Waals surface area contributed by atoms with Crippen LogP contribution in [-0.2, 0) is 16.1 Å². The van der Waals surface area contributed by atoms with Crippen molar-refractivity contribution in [1.82, 2.24) is 4.90 Å². The molecule has 1 fully saturated rings. The summed E-state index contributed by atoms with van der Waals surface area (Å²) in [5.41, 5.74) is 6.48. The Bertz CT molecular complexity index is 353. The van der Waals surface area contributed by atoms with Gasteiger partial charge in [0.2, 0.25) is 5.91 Å². The Labute approximate surface area is 95.0 Å². The maximum atomic E-state index is 11.0. The zero-order valence-corrected chi connectivity index (χ0v) is 9.13. The lowest BCUT2D eigenvalue weighted by Crippen LogP contribution is -2.47. The molecule has 86 valence electrons. The molecule has 1 heterocycles. The molecule has 2 rings (SSSR count). The number of nitrogens with two attached hydrogens (primary N) is 1. The first-order valence-electron chi connectivity index (χ1n) is 5.43. The van der Waals surface area contributed by atoms with E-state index in [0.717, 1.165) is 13.1 Å². The molecule has 0 spiro atoms. The second-order valence-corrected chi connectivity index (χ2v) is 3.98. The van der Waals surface area contributed by atoms with Crippen LogP contribution in [0.2, 0.25) is 0 Å². The number of morpholine rings is 1. The first-order chi connectivity index (χ1) is 7.75. The topological polar surface area (TPSA) is 55.6 Å². The fourth-order valence-corrected chi connectivity index (χ4v) is 1.86. The van der Waals surface area contributed by atoms with E-state index in [2.05, 4.69) is 17.0 Å². The second-order valence-electron chi connectivity index (χ2n) is 3.98. The summed E-state index contributed by atoms with van der Waals surface area (Å²) in [7, 11) is 0. The maximum absolute atomic E-state index is 11.0. The van der Waals surface area contributed by atoms with Gasteiger partial charge >= 0.3 is 0 Å². The average molecular weight is 220 g/mol. The summed E-state index contributed by atoms with van der Waals surface area (Å²) in [6.45, 7) is 2.84. The fraction of sp³-hybridized carbons (Fsp3) is 0.417. The number of amides is 1. The van der Waals surface area contributed by atoms with Gasteiger partial charge in [0.25, 0.3) is 0 Å². The molecule has 1 aliphatic heterocycles. The zero-order valence-electron chi connectivity index (χ0n) is 9.13. The van der Waals surface area contributed by atoms with E-state index in [9.17, 15) is 4.79 Å². The lowest BCUT2D eigenvalue weighted by Gasteiger charge is -2.31. The highest BCUT2D eigenvalue weighted by Crippen LogP contribution is 2.09. The molecule has 1 aromatic rings. The van der Waals surface area contributed by atoms with Gasteiger partial charge in [0.15, 0.2) is 0 Å². The van der Waals surface area contributed by atoms with Crippen molar-refractivity contribution < 1.29 is 9.53 Å². The van der Waals surface area contributed by atoms with Crippen molar-refractivity contribution in [3.63, 3.8) is 0 Å². The van der Waals surface area contributed by atoms with E-state index in [4.69, 9.17) is 10.5 Å². The van der Waals surface area contributed by atoms with Crippen molar-refractivity contribution in [3.05, 3.63) is 35.9 Å². The molecule has 1 unspecified atom stereocenters. The minimum absolute atomic E-state index is 0.377. The highest BCUT2D eigenvalue weighted by molar-refractivity contribution is 5.79. The van der Waals surface area contributed by atoms with Crippen LogP contribution in [0.5, 0.6) is 0 Å². The molecule has 1 aliphatic rings.